The molecule has 5 amide bonds. The topological polar surface area (TPSA) is 184 Å². The summed E-state index contributed by atoms with van der Waals surface area (Å²) in [6.45, 7) is 22.3. The summed E-state index contributed by atoms with van der Waals surface area (Å²) in [6.07, 6.45) is 12.5. The number of ether oxygens (including phenoxy) is 4. The molecule has 90 heavy (non-hydrogen) atoms. The molecule has 7 aliphatic rings. The number of amides is 5. The van der Waals surface area contributed by atoms with Gasteiger partial charge >= 0.3 is 12.0 Å². The summed E-state index contributed by atoms with van der Waals surface area (Å²) >= 11 is 0. The third-order valence-electron chi connectivity index (χ3n) is 21.4. The maximum absolute atomic E-state index is 18.1. The van der Waals surface area contributed by atoms with E-state index in [-0.39, 0.29) is 71.1 Å². The van der Waals surface area contributed by atoms with Crippen LogP contribution in [-0.4, -0.2) is 167 Å². The van der Waals surface area contributed by atoms with E-state index in [0.717, 1.165) is 77.8 Å². The molecule has 18 nitrogen and oxygen atoms in total. The number of piperidine rings is 2. The Hall–Kier alpha value is -6.99. The highest BCUT2D eigenvalue weighted by Gasteiger charge is 2.48. The van der Waals surface area contributed by atoms with Crippen molar-refractivity contribution < 1.29 is 46.9 Å². The SMILES string of the molecule is COCOc1cc(-c2ncc3c(N4CCCC5(CC(=O)N5)C4)nc(OCC4(CN5CCN(CC6CCC7(CC6)CCN(C(=O)c6ccc(OC)c(N8CCC(=O)NC8=O)c6)CC7)CC5)CC4)nc3c2F)c2c(C#C[Si](C(C)C)(C(C)C)C(C)C)c(F)ccc2c1. The number of β-lactam (4-membered cyclic amide) rings is 1. The number of benzene rings is 3. The molecular formula is C69H88F2N10O8Si. The Kier molecular flexibility index (Phi) is 18.0. The number of pyridine rings is 1. The largest absolute Gasteiger partial charge is 0.495 e. The third-order valence-corrected chi connectivity index (χ3v) is 27.7. The van der Waals surface area contributed by atoms with Crippen molar-refractivity contribution in [2.45, 2.75) is 141 Å². The van der Waals surface area contributed by atoms with Gasteiger partial charge in [-0.15, -0.1) is 5.54 Å². The molecular weight excluding hydrogens is 1160 g/mol. The lowest BCUT2D eigenvalue weighted by molar-refractivity contribution is -0.133. The van der Waals surface area contributed by atoms with Gasteiger partial charge in [-0.25, -0.2) is 13.6 Å². The first-order valence-electron chi connectivity index (χ1n) is 32.7. The quantitative estimate of drug-likeness (QED) is 0.0365. The van der Waals surface area contributed by atoms with Gasteiger partial charge in [-0.05, 0) is 134 Å². The smallest absolute Gasteiger partial charge is 0.328 e. The summed E-state index contributed by atoms with van der Waals surface area (Å²) in [4.78, 5) is 76.3. The van der Waals surface area contributed by atoms with Crippen molar-refractivity contribution in [3.63, 3.8) is 0 Å². The predicted octanol–water partition coefficient (Wildman–Crippen LogP) is 10.9. The van der Waals surface area contributed by atoms with Crippen LogP contribution in [-0.2, 0) is 14.3 Å². The van der Waals surface area contributed by atoms with Gasteiger partial charge in [0.2, 0.25) is 11.8 Å². The number of piperazine rings is 1. The number of methoxy groups -OCH3 is 2. The Bertz CT molecular complexity index is 3610. The zero-order valence-corrected chi connectivity index (χ0v) is 54.7. The van der Waals surface area contributed by atoms with E-state index in [1.807, 2.05) is 4.90 Å². The molecule has 5 aliphatic heterocycles. The number of fused-ring (bicyclic) bond motifs is 2. The number of likely N-dealkylation sites (tertiary alicyclic amines) is 1. The summed E-state index contributed by atoms with van der Waals surface area (Å²) in [5.74, 6) is 3.81. The minimum Gasteiger partial charge on any atom is -0.495 e. The van der Waals surface area contributed by atoms with E-state index in [1.165, 1.54) is 50.9 Å². The second-order valence-corrected chi connectivity index (χ2v) is 33.6. The highest BCUT2D eigenvalue weighted by atomic mass is 28.3. The van der Waals surface area contributed by atoms with Crippen LogP contribution in [0, 0.1) is 39.8 Å². The van der Waals surface area contributed by atoms with Crippen LogP contribution in [0.25, 0.3) is 32.9 Å². The van der Waals surface area contributed by atoms with Crippen molar-refractivity contribution in [1.29, 1.82) is 0 Å². The average molecular weight is 1250 g/mol. The number of nitrogens with zero attached hydrogens (tertiary/aromatic N) is 8. The molecule has 2 aromatic heterocycles. The number of urea groups is 1. The highest BCUT2D eigenvalue weighted by Crippen LogP contribution is 2.50. The number of nitrogens with one attached hydrogen (secondary N) is 2. The Morgan fingerprint density at radius 1 is 0.811 bits per heavy atom. The van der Waals surface area contributed by atoms with Gasteiger partial charge < -0.3 is 43.9 Å². The van der Waals surface area contributed by atoms with Crippen LogP contribution in [0.4, 0.5) is 25.1 Å². The summed E-state index contributed by atoms with van der Waals surface area (Å²) in [7, 11) is 0.715. The number of imide groups is 1. The van der Waals surface area contributed by atoms with Crippen LogP contribution in [0.3, 0.4) is 0 Å². The lowest BCUT2D eigenvalue weighted by Crippen LogP contribution is -2.68. The first kappa shape index (κ1) is 63.2. The van der Waals surface area contributed by atoms with E-state index in [9.17, 15) is 19.2 Å². The Balaban J connectivity index is 0.717. The lowest BCUT2D eigenvalue weighted by atomic mass is 9.65. The molecule has 2 saturated carbocycles. The van der Waals surface area contributed by atoms with Crippen molar-refractivity contribution in [1.82, 2.24) is 40.3 Å². The van der Waals surface area contributed by atoms with Crippen LogP contribution in [0.5, 0.6) is 17.5 Å². The van der Waals surface area contributed by atoms with Crippen LogP contribution in [0.15, 0.2) is 48.7 Å². The number of carbonyl (C=O) groups excluding carboxylic acids is 4. The predicted molar refractivity (Wildman–Crippen MR) is 346 cm³/mol. The van der Waals surface area contributed by atoms with E-state index in [0.29, 0.717) is 112 Å². The maximum Gasteiger partial charge on any atom is 0.328 e. The molecule has 0 radical (unpaired) electrons. The first-order valence-corrected chi connectivity index (χ1v) is 35.0. The Labute approximate surface area is 528 Å². The van der Waals surface area contributed by atoms with Crippen LogP contribution >= 0.6 is 0 Å². The lowest BCUT2D eigenvalue weighted by Gasteiger charge is -2.49. The van der Waals surface area contributed by atoms with Crippen molar-refractivity contribution >= 4 is 65.0 Å². The normalized spacial score (nSPS) is 21.5. The average Bonchev–Trinajstić information content (AvgIpc) is 0.930. The van der Waals surface area contributed by atoms with Crippen molar-refractivity contribution in [2.24, 2.45) is 16.7 Å². The minimum atomic E-state index is -2.34. The molecule has 12 rings (SSSR count). The van der Waals surface area contributed by atoms with Gasteiger partial charge in [0.15, 0.2) is 12.6 Å². The van der Waals surface area contributed by atoms with Gasteiger partial charge in [-0.1, -0.05) is 53.5 Å². The molecule has 2 aliphatic carbocycles. The van der Waals surface area contributed by atoms with Gasteiger partial charge in [0.25, 0.3) is 5.91 Å². The standard InChI is InChI=1S/C69H88F2N10O8Si/c1-44(2)90(45(3)4,46(5)6)33-17-51-54(70)12-10-48-34-50(89-43-86-7)36-52(59(48)51)61-60(71)62-53(38-72-61)63(80-25-9-18-69(41-80)37-58(83)76-69)75-65(74-62)88-42-68(21-22-68)40-78-31-29-77(30-32-78)39-47-14-19-67(20-15-47)23-27-79(28-24-67)64(84)49-11-13-56(87-8)55(35-49)81-26-16-57(82)73-66(81)85/h10-13,34-36,38,44-47H,9,14-16,18-32,37,39-43H2,1-8H3,(H,76,83)(H,73,82,85). The summed E-state index contributed by atoms with van der Waals surface area (Å²) in [5, 5.41) is 6.97. The molecule has 5 saturated heterocycles. The fraction of sp³-hybridized carbons (Fsp3) is 0.580. The fourth-order valence-corrected chi connectivity index (χ4v) is 21.3. The number of hydrogen-bond acceptors (Lipinski definition) is 14. The third kappa shape index (κ3) is 12.6. The van der Waals surface area contributed by atoms with Crippen molar-refractivity contribution in [3.05, 3.63) is 71.4 Å². The number of hydrogen-bond donors (Lipinski definition) is 2. The minimum absolute atomic E-state index is 0.0119. The molecule has 7 heterocycles. The second kappa shape index (κ2) is 25.6. The number of anilines is 2. The van der Waals surface area contributed by atoms with E-state index >= 15 is 8.78 Å². The monoisotopic (exact) mass is 1250 g/mol. The molecule has 2 spiro atoms. The van der Waals surface area contributed by atoms with E-state index in [2.05, 4.69) is 78.3 Å². The fourth-order valence-electron chi connectivity index (χ4n) is 16.1. The number of carbonyl (C=O) groups is 4. The summed E-state index contributed by atoms with van der Waals surface area (Å²) < 4.78 is 58.2. The molecule has 1 unspecified atom stereocenters. The maximum atomic E-state index is 18.1. The number of rotatable bonds is 18. The van der Waals surface area contributed by atoms with Gasteiger partial charge in [-0.3, -0.25) is 29.6 Å². The number of halogens is 2. The van der Waals surface area contributed by atoms with Crippen LogP contribution in [0.2, 0.25) is 16.6 Å². The zero-order valence-electron chi connectivity index (χ0n) is 53.7. The van der Waals surface area contributed by atoms with Crippen molar-refractivity contribution in [3.8, 4) is 40.2 Å². The van der Waals surface area contributed by atoms with E-state index < -0.39 is 31.3 Å². The van der Waals surface area contributed by atoms with E-state index in [1.54, 1.807) is 42.6 Å². The molecule has 3 aromatic carbocycles. The Morgan fingerprint density at radius 3 is 2.20 bits per heavy atom. The molecule has 2 N–H and O–H groups in total. The molecule has 5 aromatic rings. The van der Waals surface area contributed by atoms with Gasteiger partial charge in [0, 0.05) is 114 Å². The summed E-state index contributed by atoms with van der Waals surface area (Å²) in [6, 6.07) is 11.3. The van der Waals surface area contributed by atoms with Gasteiger partial charge in [0.05, 0.1) is 42.3 Å². The molecule has 7 fully saturated rings. The molecule has 1 atom stereocenters. The molecule has 0 bridgehead atoms. The van der Waals surface area contributed by atoms with Crippen molar-refractivity contribution in [2.75, 3.05) is 109 Å². The summed E-state index contributed by atoms with van der Waals surface area (Å²) in [5.41, 5.74) is 5.85. The van der Waals surface area contributed by atoms with Crippen LogP contribution < -0.4 is 34.6 Å². The van der Waals surface area contributed by atoms with Gasteiger partial charge in [-0.2, -0.15) is 9.97 Å². The number of aromatic nitrogens is 3. The van der Waals surface area contributed by atoms with Gasteiger partial charge in [0.1, 0.15) is 42.4 Å². The molecule has 480 valence electrons. The zero-order chi connectivity index (χ0) is 63.3. The second-order valence-electron chi connectivity index (χ2n) is 28.0. The molecule has 21 heteroatoms. The highest BCUT2D eigenvalue weighted by molar-refractivity contribution is 6.90. The van der Waals surface area contributed by atoms with E-state index in [4.69, 9.17) is 33.9 Å². The Morgan fingerprint density at radius 2 is 1.53 bits per heavy atom. The van der Waals surface area contributed by atoms with Crippen LogP contribution in [0.1, 0.15) is 135 Å². The first-order chi connectivity index (χ1) is 43.2.